The van der Waals surface area contributed by atoms with Crippen LogP contribution in [0.3, 0.4) is 0 Å². The van der Waals surface area contributed by atoms with Crippen molar-refractivity contribution >= 4 is 0 Å². The molecule has 0 saturated carbocycles. The summed E-state index contributed by atoms with van der Waals surface area (Å²) in [4.78, 5) is 0. The Bertz CT molecular complexity index is 61.9. The fraction of sp³-hybridized carbons (Fsp3) is 0.200. The molecule has 1 aliphatic rings. The lowest BCUT2D eigenvalue weighted by molar-refractivity contribution is 1.07. The molecule has 0 unspecified atom stereocenters. The van der Waals surface area contributed by atoms with Crippen LogP contribution in [-0.4, -0.2) is 0 Å². The lowest BCUT2D eigenvalue weighted by Crippen LogP contribution is -1.94. The van der Waals surface area contributed by atoms with Gasteiger partial charge in [0.15, 0.2) is 6.20 Å². The molecule has 0 bridgehead atoms. The molecule has 0 aromatic carbocycles. The lowest BCUT2D eigenvalue weighted by atomic mass is 10.4. The average molecular weight is 80.1 g/mol. The fourth-order valence-corrected chi connectivity index (χ4v) is 0.361. The molecule has 0 fully saturated rings. The van der Waals surface area contributed by atoms with Crippen LogP contribution in [0.1, 0.15) is 6.42 Å². The molecule has 1 aliphatic heterocycles. The van der Waals surface area contributed by atoms with E-state index in [1.54, 1.807) is 0 Å². The molecule has 1 N–H and O–H groups in total. The van der Waals surface area contributed by atoms with Crippen LogP contribution in [-0.2, 0) is 0 Å². The van der Waals surface area contributed by atoms with Crippen molar-refractivity contribution in [3.05, 3.63) is 24.6 Å². The third-order valence-electron chi connectivity index (χ3n) is 0.641. The summed E-state index contributed by atoms with van der Waals surface area (Å²) in [6.45, 7) is 0. The number of allylic oxidation sites excluding steroid dienone is 2. The van der Waals surface area contributed by atoms with E-state index in [2.05, 4.69) is 11.5 Å². The zero-order chi connectivity index (χ0) is 4.24. The minimum absolute atomic E-state index is 1.02. The summed E-state index contributed by atoms with van der Waals surface area (Å²) in [5.74, 6) is 0. The molecule has 30 valence electrons. The third kappa shape index (κ3) is 0.568. The predicted molar refractivity (Wildman–Crippen MR) is 24.7 cm³/mol. The van der Waals surface area contributed by atoms with E-state index in [9.17, 15) is 0 Å². The van der Waals surface area contributed by atoms with Crippen molar-refractivity contribution in [1.82, 2.24) is 5.32 Å². The van der Waals surface area contributed by atoms with E-state index in [-0.39, 0.29) is 0 Å². The van der Waals surface area contributed by atoms with Gasteiger partial charge < -0.3 is 0 Å². The van der Waals surface area contributed by atoms with Gasteiger partial charge >= 0.3 is 0 Å². The number of hydrogen-bond acceptors (Lipinski definition) is 1. The monoisotopic (exact) mass is 80.0 g/mol. The highest BCUT2D eigenvalue weighted by Gasteiger charge is 1.86. The Morgan fingerprint density at radius 3 is 2.83 bits per heavy atom. The van der Waals surface area contributed by atoms with Crippen LogP contribution in [0.15, 0.2) is 18.4 Å². The van der Waals surface area contributed by atoms with Gasteiger partial charge in [-0.25, -0.2) is 0 Å². The minimum Gasteiger partial charge on any atom is -0.169 e. The SMILES string of the molecule is [C+]1=CCC=CN1. The molecule has 1 heterocycles. The molecule has 0 saturated heterocycles. The topological polar surface area (TPSA) is 12.0 Å². The summed E-state index contributed by atoms with van der Waals surface area (Å²) in [7, 11) is 0. The van der Waals surface area contributed by atoms with Crippen LogP contribution in [0.4, 0.5) is 0 Å². The molecular weight excluding hydrogens is 74.1 g/mol. The molecule has 0 amide bonds. The van der Waals surface area contributed by atoms with Gasteiger partial charge in [0, 0.05) is 12.5 Å². The Morgan fingerprint density at radius 1 is 1.67 bits per heavy atom. The second-order valence-corrected chi connectivity index (χ2v) is 1.13. The van der Waals surface area contributed by atoms with Gasteiger partial charge in [-0.2, -0.15) is 5.32 Å². The van der Waals surface area contributed by atoms with Gasteiger partial charge in [0.1, 0.15) is 6.20 Å². The second kappa shape index (κ2) is 1.58. The highest BCUT2D eigenvalue weighted by molar-refractivity contribution is 4.94. The zero-order valence-corrected chi connectivity index (χ0v) is 3.44. The number of nitrogens with one attached hydrogen (secondary N) is 1. The Labute approximate surface area is 37.4 Å². The molecule has 1 rings (SSSR count). The maximum atomic E-state index is 2.82. The number of dihydropyridines is 1. The van der Waals surface area contributed by atoms with Crippen LogP contribution < -0.4 is 5.32 Å². The quantitative estimate of drug-likeness (QED) is 0.424. The van der Waals surface area contributed by atoms with Crippen LogP contribution >= 0.6 is 0 Å². The summed E-state index contributed by atoms with van der Waals surface area (Å²) >= 11 is 0. The van der Waals surface area contributed by atoms with E-state index in [0.717, 1.165) is 6.42 Å². The van der Waals surface area contributed by atoms with Crippen LogP contribution in [0.5, 0.6) is 0 Å². The fourth-order valence-electron chi connectivity index (χ4n) is 0.361. The van der Waals surface area contributed by atoms with Gasteiger partial charge in [0.05, 0.1) is 6.08 Å². The summed E-state index contributed by atoms with van der Waals surface area (Å²) in [5.41, 5.74) is 0. The molecule has 0 aliphatic carbocycles. The highest BCUT2D eigenvalue weighted by Crippen LogP contribution is 1.85. The van der Waals surface area contributed by atoms with E-state index < -0.39 is 0 Å². The summed E-state index contributed by atoms with van der Waals surface area (Å²) in [6.07, 6.45) is 9.70. The lowest BCUT2D eigenvalue weighted by Gasteiger charge is -1.77. The van der Waals surface area contributed by atoms with Gasteiger partial charge in [-0.15, -0.1) is 0 Å². The highest BCUT2D eigenvalue weighted by atomic mass is 14.8. The summed E-state index contributed by atoms with van der Waals surface area (Å²) in [5, 5.41) is 2.80. The van der Waals surface area contributed by atoms with E-state index in [4.69, 9.17) is 0 Å². The van der Waals surface area contributed by atoms with E-state index in [0.29, 0.717) is 0 Å². The molecule has 1 heteroatoms. The van der Waals surface area contributed by atoms with Crippen molar-refractivity contribution in [1.29, 1.82) is 0 Å². The van der Waals surface area contributed by atoms with Crippen molar-refractivity contribution < 1.29 is 0 Å². The average Bonchev–Trinajstić information content (AvgIpc) is 1.72. The molecule has 1 nitrogen and oxygen atoms in total. The van der Waals surface area contributed by atoms with Gasteiger partial charge in [0.25, 0.3) is 0 Å². The molecule has 0 spiro atoms. The Balaban J connectivity index is 2.40. The van der Waals surface area contributed by atoms with Crippen molar-refractivity contribution in [3.8, 4) is 0 Å². The Morgan fingerprint density at radius 2 is 2.67 bits per heavy atom. The normalized spacial score (nSPS) is 16.0. The maximum absolute atomic E-state index is 2.82. The first-order valence-corrected chi connectivity index (χ1v) is 1.98. The first-order chi connectivity index (χ1) is 3.00. The van der Waals surface area contributed by atoms with Crippen LogP contribution in [0, 0.1) is 6.20 Å². The molecule has 0 atom stereocenters. The molecule has 6 heavy (non-hydrogen) atoms. The molecular formula is C5H6N+. The van der Waals surface area contributed by atoms with Gasteiger partial charge in [-0.3, -0.25) is 0 Å². The number of rotatable bonds is 0. The Hall–Kier alpha value is -0.810. The largest absolute Gasteiger partial charge is 0.184 e. The first kappa shape index (κ1) is 3.38. The van der Waals surface area contributed by atoms with Gasteiger partial charge in [0.2, 0.25) is 0 Å². The first-order valence-electron chi connectivity index (χ1n) is 1.98. The maximum Gasteiger partial charge on any atom is 0.184 e. The van der Waals surface area contributed by atoms with E-state index >= 15 is 0 Å². The van der Waals surface area contributed by atoms with Crippen LogP contribution in [0.2, 0.25) is 0 Å². The second-order valence-electron chi connectivity index (χ2n) is 1.13. The summed E-state index contributed by atoms with van der Waals surface area (Å²) < 4.78 is 0. The predicted octanol–water partition coefficient (Wildman–Crippen LogP) is 0.810. The molecule has 0 aromatic rings. The van der Waals surface area contributed by atoms with Crippen molar-refractivity contribution in [2.45, 2.75) is 6.42 Å². The van der Waals surface area contributed by atoms with Gasteiger partial charge in [-0.05, 0) is 0 Å². The molecule has 0 radical (unpaired) electrons. The molecule has 0 aromatic heterocycles. The smallest absolute Gasteiger partial charge is 0.169 e. The van der Waals surface area contributed by atoms with Crippen molar-refractivity contribution in [2.75, 3.05) is 0 Å². The third-order valence-corrected chi connectivity index (χ3v) is 0.641. The number of hydrogen-bond donors (Lipinski definition) is 1. The minimum atomic E-state index is 1.02. The summed E-state index contributed by atoms with van der Waals surface area (Å²) in [6, 6.07) is 0. The standard InChI is InChI=1S/C5H6N/c1-2-4-6-5-3-1/h2-4,6H,1H2/q+1. The van der Waals surface area contributed by atoms with E-state index in [1.165, 1.54) is 0 Å². The van der Waals surface area contributed by atoms with Gasteiger partial charge in [-0.1, -0.05) is 0 Å². The van der Waals surface area contributed by atoms with Crippen molar-refractivity contribution in [3.63, 3.8) is 0 Å². The van der Waals surface area contributed by atoms with Crippen LogP contribution in [0.25, 0.3) is 0 Å². The van der Waals surface area contributed by atoms with Crippen molar-refractivity contribution in [2.24, 2.45) is 0 Å². The zero-order valence-electron chi connectivity index (χ0n) is 3.44. The van der Waals surface area contributed by atoms with E-state index in [1.807, 2.05) is 18.4 Å². The Kier molecular flexibility index (Phi) is 0.892.